The van der Waals surface area contributed by atoms with Gasteiger partial charge in [-0.25, -0.2) is 9.59 Å². The molecule has 1 aromatic heterocycles. The number of aromatic nitrogens is 1. The molecule has 1 aliphatic rings. The number of amides is 1. The Morgan fingerprint density at radius 1 is 1.03 bits per heavy atom. The van der Waals surface area contributed by atoms with Crippen molar-refractivity contribution in [3.05, 3.63) is 68.7 Å². The first-order chi connectivity index (χ1) is 15.8. The number of aromatic amines is 1. The Bertz CT molecular complexity index is 1210. The van der Waals surface area contributed by atoms with Crippen molar-refractivity contribution in [3.63, 3.8) is 0 Å². The van der Waals surface area contributed by atoms with Crippen LogP contribution < -0.4 is 5.76 Å². The first kappa shape index (κ1) is 22.8. The van der Waals surface area contributed by atoms with Crippen molar-refractivity contribution in [2.75, 3.05) is 32.7 Å². The molecule has 0 unspecified atom stereocenters. The van der Waals surface area contributed by atoms with E-state index in [1.165, 1.54) is 5.56 Å². The minimum Gasteiger partial charge on any atom is -0.445 e. The van der Waals surface area contributed by atoms with Gasteiger partial charge in [-0.1, -0.05) is 17.7 Å². The molecule has 0 spiro atoms. The highest BCUT2D eigenvalue weighted by Crippen LogP contribution is 2.18. The highest BCUT2D eigenvalue weighted by Gasteiger charge is 2.23. The van der Waals surface area contributed by atoms with E-state index in [1.54, 1.807) is 23.1 Å². The molecule has 8 heteroatoms. The highest BCUT2D eigenvalue weighted by molar-refractivity contribution is 5.98. The minimum absolute atomic E-state index is 0.00794. The average Bonchev–Trinajstić information content (AvgIpc) is 3.16. The van der Waals surface area contributed by atoms with Crippen molar-refractivity contribution in [2.24, 2.45) is 0 Å². The number of benzene rings is 2. The van der Waals surface area contributed by atoms with Crippen LogP contribution in [0.2, 0.25) is 0 Å². The zero-order valence-corrected chi connectivity index (χ0v) is 19.3. The first-order valence-corrected chi connectivity index (χ1v) is 11.2. The van der Waals surface area contributed by atoms with E-state index in [-0.39, 0.29) is 18.5 Å². The molecule has 0 atom stereocenters. The number of hydrogen-bond acceptors (Lipinski definition) is 6. The van der Waals surface area contributed by atoms with Crippen molar-refractivity contribution >= 4 is 23.0 Å². The van der Waals surface area contributed by atoms with E-state index in [2.05, 4.69) is 28.9 Å². The van der Waals surface area contributed by atoms with Gasteiger partial charge in [-0.3, -0.25) is 14.7 Å². The summed E-state index contributed by atoms with van der Waals surface area (Å²) < 4.78 is 10.6. The van der Waals surface area contributed by atoms with E-state index in [0.717, 1.165) is 16.7 Å². The van der Waals surface area contributed by atoms with Crippen LogP contribution in [0.3, 0.4) is 0 Å². The maximum absolute atomic E-state index is 12.6. The molecule has 8 nitrogen and oxygen atoms in total. The van der Waals surface area contributed by atoms with Crippen LogP contribution in [-0.4, -0.2) is 59.4 Å². The number of fused-ring (bicyclic) bond motifs is 1. The van der Waals surface area contributed by atoms with Crippen molar-refractivity contribution in [1.29, 1.82) is 0 Å². The number of rotatable bonds is 6. The lowest BCUT2D eigenvalue weighted by Gasteiger charge is -2.34. The summed E-state index contributed by atoms with van der Waals surface area (Å²) in [4.78, 5) is 42.8. The fraction of sp³-hybridized carbons (Fsp3) is 0.400. The SMILES string of the molecule is Cc1cc(C)c(COC(=O)N2CCN(CCC(=O)c3ccc4[nH]c(=O)oc4c3)CC2)c(C)c1. The third-order valence-corrected chi connectivity index (χ3v) is 6.21. The maximum atomic E-state index is 12.6. The smallest absolute Gasteiger partial charge is 0.417 e. The monoisotopic (exact) mass is 451 g/mol. The number of ketones is 1. The number of H-pyrrole nitrogens is 1. The number of hydrogen-bond donors (Lipinski definition) is 1. The third-order valence-electron chi connectivity index (χ3n) is 6.21. The van der Waals surface area contributed by atoms with Crippen LogP contribution in [0.15, 0.2) is 39.5 Å². The van der Waals surface area contributed by atoms with E-state index in [4.69, 9.17) is 9.15 Å². The Hall–Kier alpha value is -3.39. The molecule has 0 radical (unpaired) electrons. The van der Waals surface area contributed by atoms with Crippen molar-refractivity contribution in [1.82, 2.24) is 14.8 Å². The number of carbonyl (C=O) groups is 2. The number of carbonyl (C=O) groups excluding carboxylic acids is 2. The van der Waals surface area contributed by atoms with E-state index >= 15 is 0 Å². The molecule has 1 aliphatic heterocycles. The van der Waals surface area contributed by atoms with E-state index in [0.29, 0.717) is 55.8 Å². The van der Waals surface area contributed by atoms with Gasteiger partial charge in [-0.2, -0.15) is 0 Å². The van der Waals surface area contributed by atoms with E-state index in [9.17, 15) is 14.4 Å². The number of nitrogens with zero attached hydrogens (tertiary/aromatic N) is 2. The van der Waals surface area contributed by atoms with Gasteiger partial charge in [-0.15, -0.1) is 0 Å². The zero-order valence-electron chi connectivity index (χ0n) is 19.3. The molecule has 1 amide bonds. The quantitative estimate of drug-likeness (QED) is 0.576. The predicted octanol–water partition coefficient (Wildman–Crippen LogP) is 3.57. The molecule has 1 saturated heterocycles. The van der Waals surface area contributed by atoms with Gasteiger partial charge in [0.25, 0.3) is 0 Å². The van der Waals surface area contributed by atoms with E-state index < -0.39 is 5.76 Å². The Labute approximate surface area is 192 Å². The van der Waals surface area contributed by atoms with Crippen LogP contribution in [0.5, 0.6) is 0 Å². The van der Waals surface area contributed by atoms with Gasteiger partial charge in [-0.05, 0) is 55.7 Å². The van der Waals surface area contributed by atoms with Crippen LogP contribution in [0.4, 0.5) is 4.79 Å². The molecule has 174 valence electrons. The molecule has 0 saturated carbocycles. The van der Waals surface area contributed by atoms with E-state index in [1.807, 2.05) is 13.8 Å². The van der Waals surface area contributed by atoms with Crippen molar-refractivity contribution < 1.29 is 18.7 Å². The topological polar surface area (TPSA) is 95.9 Å². The second-order valence-corrected chi connectivity index (χ2v) is 8.66. The van der Waals surface area contributed by atoms with Crippen LogP contribution in [0.25, 0.3) is 11.1 Å². The third kappa shape index (κ3) is 5.34. The summed E-state index contributed by atoms with van der Waals surface area (Å²) in [6, 6.07) is 9.17. The van der Waals surface area contributed by atoms with Gasteiger partial charge < -0.3 is 14.1 Å². The van der Waals surface area contributed by atoms with Crippen molar-refractivity contribution in [2.45, 2.75) is 33.8 Å². The second kappa shape index (κ2) is 9.62. The summed E-state index contributed by atoms with van der Waals surface area (Å²) in [5.41, 5.74) is 6.00. The molecule has 0 aliphatic carbocycles. The second-order valence-electron chi connectivity index (χ2n) is 8.66. The summed E-state index contributed by atoms with van der Waals surface area (Å²) in [5, 5.41) is 0. The van der Waals surface area contributed by atoms with Gasteiger partial charge in [0, 0.05) is 44.7 Å². The van der Waals surface area contributed by atoms with Gasteiger partial charge in [0.2, 0.25) is 0 Å². The molecule has 1 N–H and O–H groups in total. The summed E-state index contributed by atoms with van der Waals surface area (Å²) in [7, 11) is 0. The number of piperazine rings is 1. The summed E-state index contributed by atoms with van der Waals surface area (Å²) in [6.07, 6.45) is 0.0581. The van der Waals surface area contributed by atoms with Crippen molar-refractivity contribution in [3.8, 4) is 0 Å². The average molecular weight is 452 g/mol. The molecular weight excluding hydrogens is 422 g/mol. The first-order valence-electron chi connectivity index (χ1n) is 11.2. The lowest BCUT2D eigenvalue weighted by molar-refractivity contribution is 0.0695. The number of ether oxygens (including phenoxy) is 1. The number of nitrogens with one attached hydrogen (secondary N) is 1. The zero-order chi connectivity index (χ0) is 23.5. The number of aryl methyl sites for hydroxylation is 3. The fourth-order valence-electron chi connectivity index (χ4n) is 4.34. The molecule has 4 rings (SSSR count). The molecule has 1 fully saturated rings. The number of Topliss-reactive ketones (excluding diaryl/α,β-unsaturated/α-hetero) is 1. The molecule has 2 heterocycles. The Balaban J connectivity index is 1.23. The Morgan fingerprint density at radius 3 is 2.42 bits per heavy atom. The van der Waals surface area contributed by atoms with Gasteiger partial charge in [0.1, 0.15) is 6.61 Å². The van der Waals surface area contributed by atoms with Crippen LogP contribution >= 0.6 is 0 Å². The Kier molecular flexibility index (Phi) is 6.65. The summed E-state index contributed by atoms with van der Waals surface area (Å²) in [6.45, 7) is 9.54. The lowest BCUT2D eigenvalue weighted by atomic mass is 10.0. The highest BCUT2D eigenvalue weighted by atomic mass is 16.6. The van der Waals surface area contributed by atoms with Gasteiger partial charge in [0.05, 0.1) is 5.52 Å². The predicted molar refractivity (Wildman–Crippen MR) is 125 cm³/mol. The molecule has 0 bridgehead atoms. The lowest BCUT2D eigenvalue weighted by Crippen LogP contribution is -2.49. The molecule has 3 aromatic rings. The standard InChI is InChI=1S/C25H29N3O5/c1-16-12-17(2)20(18(3)13-16)15-32-25(31)28-10-8-27(9-11-28)7-6-22(29)19-4-5-21-23(14-19)33-24(30)26-21/h4-5,12-14H,6-11,15H2,1-3H3,(H,26,30). The maximum Gasteiger partial charge on any atom is 0.417 e. The summed E-state index contributed by atoms with van der Waals surface area (Å²) in [5.74, 6) is -0.540. The van der Waals surface area contributed by atoms with Crippen LogP contribution in [-0.2, 0) is 11.3 Å². The largest absolute Gasteiger partial charge is 0.445 e. The molecule has 2 aromatic carbocycles. The van der Waals surface area contributed by atoms with Crippen LogP contribution in [0.1, 0.15) is 39.0 Å². The van der Waals surface area contributed by atoms with Gasteiger partial charge >= 0.3 is 11.8 Å². The Morgan fingerprint density at radius 2 is 1.73 bits per heavy atom. The minimum atomic E-state index is -0.532. The van der Waals surface area contributed by atoms with Crippen LogP contribution in [0, 0.1) is 20.8 Å². The normalized spacial score (nSPS) is 14.6. The molecular formula is C25H29N3O5. The summed E-state index contributed by atoms with van der Waals surface area (Å²) >= 11 is 0. The fourth-order valence-corrected chi connectivity index (χ4v) is 4.34. The van der Waals surface area contributed by atoms with Gasteiger partial charge in [0.15, 0.2) is 11.4 Å². The molecule has 33 heavy (non-hydrogen) atoms. The number of oxazole rings is 1.